The number of thiol groups is 1. The first kappa shape index (κ1) is 9.35. The first-order valence-corrected chi connectivity index (χ1v) is 4.81. The quantitative estimate of drug-likeness (QED) is 0.548. The maximum atomic E-state index is 8.90. The Morgan fingerprint density at radius 2 is 2.17 bits per heavy atom. The number of aromatic nitrogens is 2. The van der Waals surface area contributed by atoms with Gasteiger partial charge in [-0.15, -0.1) is 0 Å². The van der Waals surface area contributed by atoms with Crippen LogP contribution in [0, 0.1) is 0 Å². The van der Waals surface area contributed by atoms with Crippen molar-refractivity contribution in [3.63, 3.8) is 0 Å². The Bertz CT molecular complexity index is 257. The summed E-state index contributed by atoms with van der Waals surface area (Å²) in [6, 6.07) is 0. The Labute approximate surface area is 75.5 Å². The van der Waals surface area contributed by atoms with Gasteiger partial charge in [-0.25, -0.2) is 9.97 Å². The molecule has 0 fully saturated rings. The lowest BCUT2D eigenvalue weighted by Crippen LogP contribution is -1.91. The summed E-state index contributed by atoms with van der Waals surface area (Å²) in [6.45, 7) is 1.71. The van der Waals surface area contributed by atoms with Crippen molar-refractivity contribution < 1.29 is 5.11 Å². The van der Waals surface area contributed by atoms with Gasteiger partial charge in [0.25, 0.3) is 0 Å². The highest BCUT2D eigenvalue weighted by Gasteiger charge is 1.89. The molecule has 0 amide bonds. The molecule has 0 aromatic carbocycles. The van der Waals surface area contributed by atoms with Crippen LogP contribution in [0.3, 0.4) is 0 Å². The molecule has 0 spiro atoms. The Morgan fingerprint density at radius 1 is 1.50 bits per heavy atom. The summed E-state index contributed by atoms with van der Waals surface area (Å²) < 4.78 is 0. The highest BCUT2D eigenvalue weighted by Crippen LogP contribution is 1.98. The van der Waals surface area contributed by atoms with E-state index in [1.54, 1.807) is 19.3 Å². The largest absolute Gasteiger partial charge is 0.360 e. The van der Waals surface area contributed by atoms with Crippen LogP contribution in [0.2, 0.25) is 0 Å². The van der Waals surface area contributed by atoms with Crippen LogP contribution < -0.4 is 0 Å². The molecule has 1 rings (SSSR count). The average molecular weight is 184 g/mol. The van der Waals surface area contributed by atoms with Crippen LogP contribution >= 0.6 is 11.4 Å². The molecule has 1 heterocycles. The van der Waals surface area contributed by atoms with Crippen molar-refractivity contribution in [2.75, 3.05) is 5.75 Å². The van der Waals surface area contributed by atoms with E-state index >= 15 is 0 Å². The molecule has 0 aliphatic heterocycles. The van der Waals surface area contributed by atoms with E-state index in [9.17, 15) is 0 Å². The van der Waals surface area contributed by atoms with E-state index in [1.807, 2.05) is 0 Å². The smallest absolute Gasteiger partial charge is 0.115 e. The van der Waals surface area contributed by atoms with Gasteiger partial charge in [0.1, 0.15) is 6.33 Å². The van der Waals surface area contributed by atoms with Crippen LogP contribution in [0.25, 0.3) is 0 Å². The summed E-state index contributed by atoms with van der Waals surface area (Å²) in [6.07, 6.45) is 6.04. The van der Waals surface area contributed by atoms with Crippen molar-refractivity contribution >= 4 is 16.4 Å². The molecule has 1 aromatic heterocycles. The minimum absolute atomic E-state index is 0.465. The molecule has 12 heavy (non-hydrogen) atoms. The Kier molecular flexibility index (Phi) is 3.90. The van der Waals surface area contributed by atoms with Gasteiger partial charge in [0.15, 0.2) is 0 Å². The fourth-order valence-electron chi connectivity index (χ4n) is 0.806. The first-order valence-electron chi connectivity index (χ1n) is 3.73. The third kappa shape index (κ3) is 3.59. The van der Waals surface area contributed by atoms with Crippen LogP contribution in [0.5, 0.6) is 0 Å². The highest BCUT2D eigenvalue weighted by molar-refractivity contribution is 7.98. The van der Waals surface area contributed by atoms with Crippen molar-refractivity contribution in [1.82, 2.24) is 9.97 Å². The zero-order valence-corrected chi connectivity index (χ0v) is 7.83. The summed E-state index contributed by atoms with van der Waals surface area (Å²) in [5.74, 6) is 0.926. The Balaban J connectivity index is 2.39. The van der Waals surface area contributed by atoms with Crippen LogP contribution in [-0.4, -0.2) is 25.9 Å². The second-order valence-electron chi connectivity index (χ2n) is 2.43. The van der Waals surface area contributed by atoms with E-state index in [1.165, 1.54) is 6.33 Å². The summed E-state index contributed by atoms with van der Waals surface area (Å²) in [4.78, 5) is 7.80. The molecule has 0 aliphatic carbocycles. The molecular formula is C8H12N2OS. The zero-order chi connectivity index (χ0) is 8.81. The van der Waals surface area contributed by atoms with E-state index < -0.39 is 0 Å². The molecule has 3 nitrogen and oxygen atoms in total. The summed E-state index contributed by atoms with van der Waals surface area (Å²) >= 11 is 0.987. The maximum absolute atomic E-state index is 8.90. The van der Waals surface area contributed by atoms with Gasteiger partial charge in [-0.2, -0.15) is 11.4 Å². The number of nitrogens with zero attached hydrogens (tertiary/aromatic N) is 2. The Morgan fingerprint density at radius 3 is 2.75 bits per heavy atom. The van der Waals surface area contributed by atoms with Crippen molar-refractivity contribution in [3.8, 4) is 0 Å². The van der Waals surface area contributed by atoms with Crippen LogP contribution in [0.4, 0.5) is 0 Å². The third-order valence-electron chi connectivity index (χ3n) is 1.36. The standard InChI is InChI=1S/C8H12N2OS/c1-7(11)12-3-2-8-4-9-6-10-5-8/h4-6,11-12H,2-3H2,1H3. The molecule has 0 aliphatic rings. The molecule has 0 bridgehead atoms. The molecular weight excluding hydrogens is 172 g/mol. The van der Waals surface area contributed by atoms with Crippen LogP contribution in [0.1, 0.15) is 12.5 Å². The minimum atomic E-state index is 0.465. The monoisotopic (exact) mass is 184 g/mol. The number of aliphatic hydroxyl groups is 1. The number of hydrogen-bond acceptors (Lipinski definition) is 2. The van der Waals surface area contributed by atoms with Gasteiger partial charge in [0.2, 0.25) is 0 Å². The predicted molar refractivity (Wildman–Crippen MR) is 52.9 cm³/mol. The van der Waals surface area contributed by atoms with Crippen molar-refractivity contribution in [2.24, 2.45) is 0 Å². The number of rotatable bonds is 3. The number of aliphatic hydroxyl groups excluding tert-OH is 1. The second kappa shape index (κ2) is 5.00. The Hall–Kier alpha value is -0.740. The van der Waals surface area contributed by atoms with Crippen LogP contribution in [0.15, 0.2) is 18.7 Å². The van der Waals surface area contributed by atoms with Gasteiger partial charge in [-0.3, -0.25) is 0 Å². The molecule has 0 unspecified atom stereocenters. The second-order valence-corrected chi connectivity index (χ2v) is 3.84. The zero-order valence-electron chi connectivity index (χ0n) is 6.94. The maximum Gasteiger partial charge on any atom is 0.115 e. The highest BCUT2D eigenvalue weighted by atomic mass is 32.1. The summed E-state index contributed by atoms with van der Waals surface area (Å²) in [5.41, 5.74) is 1.12. The molecule has 1 aromatic rings. The SMILES string of the molecule is CC(O)=[SH]CCc1cncnc1. The van der Waals surface area contributed by atoms with Crippen molar-refractivity contribution in [1.29, 1.82) is 0 Å². The van der Waals surface area contributed by atoms with Gasteiger partial charge < -0.3 is 5.11 Å². The van der Waals surface area contributed by atoms with E-state index in [0.29, 0.717) is 5.05 Å². The van der Waals surface area contributed by atoms with E-state index in [0.717, 1.165) is 29.1 Å². The average Bonchev–Trinajstić information content (AvgIpc) is 2.05. The lowest BCUT2D eigenvalue weighted by atomic mass is 10.3. The lowest BCUT2D eigenvalue weighted by molar-refractivity contribution is 0.564. The fraction of sp³-hybridized carbons (Fsp3) is 0.375. The number of hydrogen-bond donors (Lipinski definition) is 2. The predicted octanol–water partition coefficient (Wildman–Crippen LogP) is 1.19. The van der Waals surface area contributed by atoms with Crippen molar-refractivity contribution in [2.45, 2.75) is 13.3 Å². The van der Waals surface area contributed by atoms with E-state index in [4.69, 9.17) is 5.11 Å². The lowest BCUT2D eigenvalue weighted by Gasteiger charge is -1.95. The molecule has 0 atom stereocenters. The van der Waals surface area contributed by atoms with Gasteiger partial charge in [0.05, 0.1) is 5.05 Å². The normalized spacial score (nSPS) is 12.3. The summed E-state index contributed by atoms with van der Waals surface area (Å²) in [7, 11) is 0. The number of aryl methyl sites for hydroxylation is 1. The fourth-order valence-corrected chi connectivity index (χ4v) is 1.50. The van der Waals surface area contributed by atoms with Gasteiger partial charge in [0, 0.05) is 12.4 Å². The van der Waals surface area contributed by atoms with Gasteiger partial charge in [-0.1, -0.05) is 0 Å². The molecule has 1 N–H and O–H groups in total. The summed E-state index contributed by atoms with van der Waals surface area (Å²) in [5, 5.41) is 9.37. The molecule has 0 saturated heterocycles. The molecule has 0 saturated carbocycles. The van der Waals surface area contributed by atoms with E-state index in [-0.39, 0.29) is 0 Å². The van der Waals surface area contributed by atoms with Gasteiger partial charge >= 0.3 is 0 Å². The molecule has 4 heteroatoms. The minimum Gasteiger partial charge on any atom is -0.360 e. The third-order valence-corrected chi connectivity index (χ3v) is 2.26. The first-order chi connectivity index (χ1) is 5.79. The van der Waals surface area contributed by atoms with E-state index in [2.05, 4.69) is 9.97 Å². The van der Waals surface area contributed by atoms with Gasteiger partial charge in [-0.05, 0) is 24.7 Å². The molecule has 0 radical (unpaired) electrons. The van der Waals surface area contributed by atoms with Crippen LogP contribution in [-0.2, 0) is 6.42 Å². The molecule has 66 valence electrons. The van der Waals surface area contributed by atoms with Crippen molar-refractivity contribution in [3.05, 3.63) is 24.3 Å². The topological polar surface area (TPSA) is 46.0 Å².